The normalized spacial score (nSPS) is 11.8. The molecule has 1 rings (SSSR count). The molecule has 2 heteroatoms. The summed E-state index contributed by atoms with van der Waals surface area (Å²) in [7, 11) is 0. The van der Waals surface area contributed by atoms with Crippen LogP contribution in [0.1, 0.15) is 24.8 Å². The van der Waals surface area contributed by atoms with Crippen LogP contribution in [0.4, 0.5) is 0 Å². The van der Waals surface area contributed by atoms with Gasteiger partial charge in [-0.1, -0.05) is 49.9 Å². The molecule has 80 valence electrons. The van der Waals surface area contributed by atoms with E-state index in [2.05, 4.69) is 6.58 Å². The summed E-state index contributed by atoms with van der Waals surface area (Å²) in [4.78, 5) is 11.7. The Hall–Kier alpha value is -1.57. The van der Waals surface area contributed by atoms with Crippen LogP contribution in [-0.4, -0.2) is 12.6 Å². The van der Waals surface area contributed by atoms with E-state index in [-0.39, 0.29) is 18.5 Å². The number of carbonyl (C=O) groups is 1. The Morgan fingerprint density at radius 2 is 2.13 bits per heavy atom. The van der Waals surface area contributed by atoms with Gasteiger partial charge in [0.15, 0.2) is 0 Å². The van der Waals surface area contributed by atoms with Crippen molar-refractivity contribution in [1.29, 1.82) is 0 Å². The van der Waals surface area contributed by atoms with E-state index >= 15 is 0 Å². The molecule has 0 amide bonds. The van der Waals surface area contributed by atoms with Crippen LogP contribution in [-0.2, 0) is 9.53 Å². The van der Waals surface area contributed by atoms with E-state index in [1.165, 1.54) is 0 Å². The summed E-state index contributed by atoms with van der Waals surface area (Å²) in [5.74, 6) is -0.338. The fraction of sp³-hybridized carbons (Fsp3) is 0.308. The highest BCUT2D eigenvalue weighted by atomic mass is 16.5. The molecule has 0 saturated heterocycles. The average Bonchev–Trinajstić information content (AvgIpc) is 2.29. The van der Waals surface area contributed by atoms with Crippen LogP contribution < -0.4 is 0 Å². The lowest BCUT2D eigenvalue weighted by molar-refractivity contribution is -0.144. The molecule has 1 aromatic rings. The van der Waals surface area contributed by atoms with Crippen molar-refractivity contribution in [3.05, 3.63) is 48.6 Å². The van der Waals surface area contributed by atoms with E-state index in [1.807, 2.05) is 37.3 Å². The molecule has 0 spiro atoms. The Morgan fingerprint density at radius 1 is 1.47 bits per heavy atom. The maximum absolute atomic E-state index is 11.7. The lowest BCUT2D eigenvalue weighted by Gasteiger charge is -2.13. The Kier molecular flexibility index (Phi) is 4.61. The number of hydrogen-bond donors (Lipinski definition) is 0. The van der Waals surface area contributed by atoms with E-state index in [4.69, 9.17) is 4.74 Å². The van der Waals surface area contributed by atoms with E-state index < -0.39 is 0 Å². The standard InChI is InChI=1S/C13H16O2/c1-3-10-15-13(14)12(4-2)11-8-6-5-7-9-11/h3,5-9,12H,1,4,10H2,2H3. The zero-order chi connectivity index (χ0) is 11.1. The molecule has 1 unspecified atom stereocenters. The fourth-order valence-electron chi connectivity index (χ4n) is 1.47. The molecule has 0 aliphatic heterocycles. The van der Waals surface area contributed by atoms with Gasteiger partial charge >= 0.3 is 5.97 Å². The molecule has 1 atom stereocenters. The van der Waals surface area contributed by atoms with Gasteiger partial charge in [-0.15, -0.1) is 0 Å². The number of ether oxygens (including phenoxy) is 1. The molecule has 0 saturated carbocycles. The van der Waals surface area contributed by atoms with Gasteiger partial charge in [0.05, 0.1) is 5.92 Å². The van der Waals surface area contributed by atoms with Crippen LogP contribution in [0.3, 0.4) is 0 Å². The molecule has 0 aliphatic rings. The highest BCUT2D eigenvalue weighted by Gasteiger charge is 2.19. The molecule has 0 heterocycles. The summed E-state index contributed by atoms with van der Waals surface area (Å²) in [6, 6.07) is 9.69. The second kappa shape index (κ2) is 6.02. The molecular weight excluding hydrogens is 188 g/mol. The van der Waals surface area contributed by atoms with Gasteiger partial charge in [-0.05, 0) is 12.0 Å². The minimum Gasteiger partial charge on any atom is -0.461 e. The molecule has 0 aromatic heterocycles. The van der Waals surface area contributed by atoms with E-state index in [1.54, 1.807) is 6.08 Å². The first-order valence-corrected chi connectivity index (χ1v) is 5.12. The van der Waals surface area contributed by atoms with Gasteiger partial charge in [-0.3, -0.25) is 4.79 Å². The molecule has 0 bridgehead atoms. The third-order valence-electron chi connectivity index (χ3n) is 2.24. The molecule has 0 N–H and O–H groups in total. The Balaban J connectivity index is 2.71. The molecule has 0 fully saturated rings. The maximum Gasteiger partial charge on any atom is 0.313 e. The summed E-state index contributed by atoms with van der Waals surface area (Å²) in [5.41, 5.74) is 1.01. The minimum atomic E-state index is -0.177. The average molecular weight is 204 g/mol. The van der Waals surface area contributed by atoms with Gasteiger partial charge in [-0.25, -0.2) is 0 Å². The van der Waals surface area contributed by atoms with Crippen LogP contribution in [0, 0.1) is 0 Å². The molecule has 0 aliphatic carbocycles. The smallest absolute Gasteiger partial charge is 0.313 e. The number of benzene rings is 1. The third kappa shape index (κ3) is 3.24. The molecular formula is C13H16O2. The lowest BCUT2D eigenvalue weighted by atomic mass is 9.97. The van der Waals surface area contributed by atoms with Gasteiger partial charge in [-0.2, -0.15) is 0 Å². The topological polar surface area (TPSA) is 26.3 Å². The number of hydrogen-bond acceptors (Lipinski definition) is 2. The predicted molar refractivity (Wildman–Crippen MR) is 60.6 cm³/mol. The number of esters is 1. The minimum absolute atomic E-state index is 0.161. The monoisotopic (exact) mass is 204 g/mol. The van der Waals surface area contributed by atoms with E-state index in [0.717, 1.165) is 12.0 Å². The van der Waals surface area contributed by atoms with E-state index in [0.29, 0.717) is 0 Å². The largest absolute Gasteiger partial charge is 0.461 e. The van der Waals surface area contributed by atoms with Gasteiger partial charge in [0.2, 0.25) is 0 Å². The van der Waals surface area contributed by atoms with Gasteiger partial charge < -0.3 is 4.74 Å². The van der Waals surface area contributed by atoms with Crippen molar-refractivity contribution in [2.24, 2.45) is 0 Å². The Bertz CT molecular complexity index is 317. The van der Waals surface area contributed by atoms with E-state index in [9.17, 15) is 4.79 Å². The van der Waals surface area contributed by atoms with Crippen molar-refractivity contribution in [3.63, 3.8) is 0 Å². The number of rotatable bonds is 5. The van der Waals surface area contributed by atoms with Crippen LogP contribution in [0.15, 0.2) is 43.0 Å². The summed E-state index contributed by atoms with van der Waals surface area (Å²) < 4.78 is 5.04. The van der Waals surface area contributed by atoms with Crippen LogP contribution >= 0.6 is 0 Å². The van der Waals surface area contributed by atoms with Crippen molar-refractivity contribution < 1.29 is 9.53 Å². The quantitative estimate of drug-likeness (QED) is 0.544. The zero-order valence-electron chi connectivity index (χ0n) is 8.98. The first-order valence-electron chi connectivity index (χ1n) is 5.12. The van der Waals surface area contributed by atoms with Gasteiger partial charge in [0.1, 0.15) is 6.61 Å². The maximum atomic E-state index is 11.7. The van der Waals surface area contributed by atoms with Crippen LogP contribution in [0.5, 0.6) is 0 Å². The highest BCUT2D eigenvalue weighted by molar-refractivity contribution is 5.78. The fourth-order valence-corrected chi connectivity index (χ4v) is 1.47. The van der Waals surface area contributed by atoms with Crippen molar-refractivity contribution in [3.8, 4) is 0 Å². The highest BCUT2D eigenvalue weighted by Crippen LogP contribution is 2.20. The second-order valence-corrected chi connectivity index (χ2v) is 3.29. The summed E-state index contributed by atoms with van der Waals surface area (Å²) in [6.45, 7) is 5.77. The molecule has 0 radical (unpaired) electrons. The molecule has 2 nitrogen and oxygen atoms in total. The van der Waals surface area contributed by atoms with Crippen molar-refractivity contribution >= 4 is 5.97 Å². The molecule has 15 heavy (non-hydrogen) atoms. The number of carbonyl (C=O) groups excluding carboxylic acids is 1. The van der Waals surface area contributed by atoms with Crippen LogP contribution in [0.25, 0.3) is 0 Å². The summed E-state index contributed by atoms with van der Waals surface area (Å²) in [5, 5.41) is 0. The predicted octanol–water partition coefficient (Wildman–Crippen LogP) is 2.91. The second-order valence-electron chi connectivity index (χ2n) is 3.29. The van der Waals surface area contributed by atoms with Crippen molar-refractivity contribution in [1.82, 2.24) is 0 Å². The Labute approximate surface area is 90.6 Å². The summed E-state index contributed by atoms with van der Waals surface area (Å²) >= 11 is 0. The SMILES string of the molecule is C=CCOC(=O)C(CC)c1ccccc1. The first kappa shape index (κ1) is 11.5. The first-order chi connectivity index (χ1) is 7.29. The Morgan fingerprint density at radius 3 is 2.67 bits per heavy atom. The summed E-state index contributed by atoms with van der Waals surface area (Å²) in [6.07, 6.45) is 2.33. The van der Waals surface area contributed by atoms with Gasteiger partial charge in [0, 0.05) is 0 Å². The lowest BCUT2D eigenvalue weighted by Crippen LogP contribution is -2.15. The third-order valence-corrected chi connectivity index (χ3v) is 2.24. The van der Waals surface area contributed by atoms with Gasteiger partial charge in [0.25, 0.3) is 0 Å². The molecule has 1 aromatic carbocycles. The van der Waals surface area contributed by atoms with Crippen molar-refractivity contribution in [2.75, 3.05) is 6.61 Å². The van der Waals surface area contributed by atoms with Crippen molar-refractivity contribution in [2.45, 2.75) is 19.3 Å². The van der Waals surface area contributed by atoms with Crippen LogP contribution in [0.2, 0.25) is 0 Å². The zero-order valence-corrected chi connectivity index (χ0v) is 8.98.